The third-order valence-electron chi connectivity index (χ3n) is 1.84. The third-order valence-corrected chi connectivity index (χ3v) is 1.84. The second-order valence-electron chi connectivity index (χ2n) is 2.86. The number of aryl methyl sites for hydroxylation is 1. The van der Waals surface area contributed by atoms with Crippen LogP contribution in [0.25, 0.3) is 0 Å². The molecular formula is C9H17N2+. The largest absolute Gasteiger partial charge is 0.311 e. The predicted octanol–water partition coefficient (Wildman–Crippen LogP) is 1.80. The Kier molecular flexibility index (Phi) is 2.20. The molecule has 62 valence electrons. The molecule has 1 N–H and O–H groups in total. The zero-order chi connectivity index (χ0) is 9.84. The summed E-state index contributed by atoms with van der Waals surface area (Å²) in [7, 11) is 0. The first kappa shape index (κ1) is 5.81. The molecule has 1 aromatic heterocycles. The standard InChI is InChI=1S/C9H16N2/c1-3-4-5-6-11-8-10-7-9(11)2/h7-8H,3-6H2,1-2H3/p+1/i8D/hD. The number of aromatic amines is 1. The number of aromatic nitrogens is 2. The fraction of sp³-hybridized carbons (Fsp3) is 0.667. The van der Waals surface area contributed by atoms with Gasteiger partial charge in [-0.3, -0.25) is 0 Å². The molecule has 0 aliphatic heterocycles. The summed E-state index contributed by atoms with van der Waals surface area (Å²) < 4.78 is 16.8. The van der Waals surface area contributed by atoms with Crippen LogP contribution in [0.15, 0.2) is 12.5 Å². The van der Waals surface area contributed by atoms with Gasteiger partial charge in [0.2, 0.25) is 6.30 Å². The number of H-pyrrole nitrogens is 1. The summed E-state index contributed by atoms with van der Waals surface area (Å²) in [6.07, 6.45) is 5.42. The highest BCUT2D eigenvalue weighted by Crippen LogP contribution is 1.94. The second kappa shape index (κ2) is 4.16. The van der Waals surface area contributed by atoms with E-state index in [4.69, 9.17) is 2.78 Å². The second-order valence-corrected chi connectivity index (χ2v) is 2.86. The first-order valence-electron chi connectivity index (χ1n) is 5.19. The predicted molar refractivity (Wildman–Crippen MR) is 45.2 cm³/mol. The lowest BCUT2D eigenvalue weighted by molar-refractivity contribution is -0.701. The Hall–Kier alpha value is -0.790. The Morgan fingerprint density at radius 1 is 1.73 bits per heavy atom. The maximum absolute atomic E-state index is 7.59. The molecule has 0 unspecified atom stereocenters. The van der Waals surface area contributed by atoms with Crippen molar-refractivity contribution in [2.45, 2.75) is 39.7 Å². The van der Waals surface area contributed by atoms with Crippen LogP contribution in [0.3, 0.4) is 0 Å². The van der Waals surface area contributed by atoms with Gasteiger partial charge in [0.15, 0.2) is 1.37 Å². The van der Waals surface area contributed by atoms with Crippen molar-refractivity contribution < 1.29 is 7.35 Å². The van der Waals surface area contributed by atoms with Gasteiger partial charge in [-0.25, -0.2) is 9.54 Å². The van der Waals surface area contributed by atoms with Crippen molar-refractivity contribution in [3.8, 4) is 0 Å². The summed E-state index contributed by atoms with van der Waals surface area (Å²) in [4.78, 5) is 1.11. The van der Waals surface area contributed by atoms with Crippen molar-refractivity contribution in [2.75, 3.05) is 0 Å². The number of nitrogens with one attached hydrogen (secondary N) is 1. The number of hydrogen-bond donors (Lipinski definition) is 1. The van der Waals surface area contributed by atoms with Gasteiger partial charge < -0.3 is 0 Å². The van der Waals surface area contributed by atoms with E-state index in [1.54, 1.807) is 6.20 Å². The molecule has 0 amide bonds. The quantitative estimate of drug-likeness (QED) is 0.505. The van der Waals surface area contributed by atoms with Crippen LogP contribution in [0.1, 0.15) is 33.3 Å². The van der Waals surface area contributed by atoms with Gasteiger partial charge in [0.1, 0.15) is 11.9 Å². The van der Waals surface area contributed by atoms with E-state index in [0.29, 0.717) is 0 Å². The molecule has 0 bridgehead atoms. The fourth-order valence-corrected chi connectivity index (χ4v) is 1.09. The van der Waals surface area contributed by atoms with Crippen molar-refractivity contribution in [3.05, 3.63) is 18.2 Å². The first-order chi connectivity index (χ1) is 6.16. The van der Waals surface area contributed by atoms with Crippen molar-refractivity contribution in [1.82, 2.24) is 4.98 Å². The molecule has 0 aliphatic carbocycles. The minimum Gasteiger partial charge on any atom is -0.250 e. The minimum atomic E-state index is 0.272. The van der Waals surface area contributed by atoms with Crippen LogP contribution in [0.2, 0.25) is 1.41 Å². The number of unbranched alkanes of at least 4 members (excludes halogenated alkanes) is 2. The zero-order valence-corrected chi connectivity index (χ0v) is 7.30. The van der Waals surface area contributed by atoms with Gasteiger partial charge in [-0.05, 0) is 12.8 Å². The number of imidazole rings is 1. The zero-order valence-electron chi connectivity index (χ0n) is 9.30. The number of nitrogens with zero attached hydrogens (tertiary/aromatic N) is 1. The first-order valence-corrected chi connectivity index (χ1v) is 4.24. The van der Waals surface area contributed by atoms with Crippen LogP contribution in [-0.2, 0) is 6.54 Å². The molecule has 0 atom stereocenters. The van der Waals surface area contributed by atoms with E-state index in [-0.39, 0.29) is 6.30 Å². The number of hydrogen-bond acceptors (Lipinski definition) is 0. The summed E-state index contributed by atoms with van der Waals surface area (Å²) in [5.41, 5.74) is 0.996. The summed E-state index contributed by atoms with van der Waals surface area (Å²) in [5.74, 6) is 0. The molecule has 0 aromatic carbocycles. The minimum absolute atomic E-state index is 0.272. The Morgan fingerprint density at radius 2 is 2.55 bits per heavy atom. The van der Waals surface area contributed by atoms with Gasteiger partial charge in [-0.15, -0.1) is 0 Å². The van der Waals surface area contributed by atoms with Crippen LogP contribution in [0.4, 0.5) is 0 Å². The van der Waals surface area contributed by atoms with Crippen molar-refractivity contribution in [2.24, 2.45) is 0 Å². The highest BCUT2D eigenvalue weighted by Gasteiger charge is 2.01. The maximum atomic E-state index is 7.59. The summed E-state index contributed by atoms with van der Waals surface area (Å²) in [6.45, 7) is 4.97. The molecule has 1 heterocycles. The van der Waals surface area contributed by atoms with Gasteiger partial charge in [0, 0.05) is 6.92 Å². The number of rotatable bonds is 4. The van der Waals surface area contributed by atoms with E-state index < -0.39 is 0 Å². The van der Waals surface area contributed by atoms with E-state index in [1.807, 2.05) is 11.5 Å². The molecule has 0 saturated carbocycles. The Labute approximate surface area is 71.1 Å². The smallest absolute Gasteiger partial charge is 0.250 e. The van der Waals surface area contributed by atoms with E-state index in [2.05, 4.69) is 6.92 Å². The van der Waals surface area contributed by atoms with E-state index in [9.17, 15) is 0 Å². The van der Waals surface area contributed by atoms with Crippen LogP contribution in [-0.4, -0.2) is 4.98 Å². The molecule has 0 radical (unpaired) electrons. The molecule has 2 heteroatoms. The van der Waals surface area contributed by atoms with Crippen LogP contribution >= 0.6 is 0 Å². The van der Waals surface area contributed by atoms with Crippen LogP contribution in [0.5, 0.6) is 0 Å². The van der Waals surface area contributed by atoms with E-state index in [1.165, 1.54) is 12.8 Å². The van der Waals surface area contributed by atoms with Crippen molar-refractivity contribution in [1.29, 1.82) is 0 Å². The molecule has 0 fully saturated rings. The lowest BCUT2D eigenvalue weighted by atomic mass is 10.2. The van der Waals surface area contributed by atoms with Gasteiger partial charge >= 0.3 is 1.41 Å². The Bertz CT molecular complexity index is 281. The van der Waals surface area contributed by atoms with Crippen molar-refractivity contribution in [3.63, 3.8) is 0 Å². The molecule has 2 nitrogen and oxygen atoms in total. The SMILES string of the molecule is [2H]c1n([2H])cc(C)[n+]1CCCCC. The molecule has 11 heavy (non-hydrogen) atoms. The average molecular weight is 155 g/mol. The summed E-state index contributed by atoms with van der Waals surface area (Å²) in [5, 5.41) is 0. The lowest BCUT2D eigenvalue weighted by Gasteiger charge is -1.96. The van der Waals surface area contributed by atoms with Crippen LogP contribution in [0, 0.1) is 6.92 Å². The van der Waals surface area contributed by atoms with Crippen molar-refractivity contribution >= 4 is 0 Å². The fourth-order valence-electron chi connectivity index (χ4n) is 1.09. The topological polar surface area (TPSA) is 19.7 Å². The third kappa shape index (κ3) is 2.37. The van der Waals surface area contributed by atoms with E-state index >= 15 is 0 Å². The van der Waals surface area contributed by atoms with Gasteiger partial charge in [0.25, 0.3) is 0 Å². The highest BCUT2D eigenvalue weighted by molar-refractivity contribution is 4.79. The highest BCUT2D eigenvalue weighted by atomic mass is 15.0. The molecule has 1 aromatic rings. The maximum Gasteiger partial charge on any atom is 0.311 e. The molecular weight excluding hydrogens is 136 g/mol. The Balaban J connectivity index is 2.64. The summed E-state index contributed by atoms with van der Waals surface area (Å²) in [6, 6.07) is 0. The van der Waals surface area contributed by atoms with Gasteiger partial charge in [0.05, 0.1) is 6.54 Å². The molecule has 0 aliphatic rings. The van der Waals surface area contributed by atoms with E-state index in [0.717, 1.165) is 23.6 Å². The lowest BCUT2D eigenvalue weighted by Crippen LogP contribution is -2.33. The molecule has 0 spiro atoms. The molecule has 1 rings (SSSR count). The average Bonchev–Trinajstić information content (AvgIpc) is 2.32. The van der Waals surface area contributed by atoms with Crippen LogP contribution < -0.4 is 4.57 Å². The van der Waals surface area contributed by atoms with Gasteiger partial charge in [-0.2, -0.15) is 0 Å². The van der Waals surface area contributed by atoms with Gasteiger partial charge in [-0.1, -0.05) is 13.3 Å². The monoisotopic (exact) mass is 155 g/mol. The normalized spacial score (nSPS) is 12.9. The Morgan fingerprint density at radius 3 is 3.09 bits per heavy atom. The summed E-state index contributed by atoms with van der Waals surface area (Å²) >= 11 is 0. The molecule has 0 saturated heterocycles.